The summed E-state index contributed by atoms with van der Waals surface area (Å²) in [7, 11) is 0. The van der Waals surface area contributed by atoms with Crippen molar-refractivity contribution in [3.8, 4) is 10.4 Å². The second kappa shape index (κ2) is 7.00. The summed E-state index contributed by atoms with van der Waals surface area (Å²) in [5.41, 5.74) is 2.40. The topological polar surface area (TPSA) is 32.3 Å². The van der Waals surface area contributed by atoms with Gasteiger partial charge < -0.3 is 10.4 Å². The van der Waals surface area contributed by atoms with Crippen molar-refractivity contribution in [1.29, 1.82) is 0 Å². The SMILES string of the molecule is OCC(NCc1cc(-c2cccs2)cs1)c1ccccc1. The highest BCUT2D eigenvalue weighted by atomic mass is 32.1. The highest BCUT2D eigenvalue weighted by molar-refractivity contribution is 7.14. The molecule has 3 rings (SSSR count). The van der Waals surface area contributed by atoms with Gasteiger partial charge in [-0.05, 0) is 28.5 Å². The quantitative estimate of drug-likeness (QED) is 0.711. The fourth-order valence-electron chi connectivity index (χ4n) is 2.24. The third-order valence-electron chi connectivity index (χ3n) is 3.37. The predicted molar refractivity (Wildman–Crippen MR) is 90.7 cm³/mol. The lowest BCUT2D eigenvalue weighted by atomic mass is 10.1. The smallest absolute Gasteiger partial charge is 0.0626 e. The van der Waals surface area contributed by atoms with Crippen molar-refractivity contribution >= 4 is 22.7 Å². The highest BCUT2D eigenvalue weighted by Crippen LogP contribution is 2.29. The first-order valence-electron chi connectivity index (χ1n) is 6.87. The minimum Gasteiger partial charge on any atom is -0.394 e. The Labute approximate surface area is 132 Å². The summed E-state index contributed by atoms with van der Waals surface area (Å²) in [5, 5.41) is 17.3. The van der Waals surface area contributed by atoms with Crippen LogP contribution in [0, 0.1) is 0 Å². The fourth-order valence-corrected chi connectivity index (χ4v) is 3.87. The lowest BCUT2D eigenvalue weighted by Crippen LogP contribution is -2.23. The first-order chi connectivity index (χ1) is 10.4. The van der Waals surface area contributed by atoms with Crippen molar-refractivity contribution in [1.82, 2.24) is 5.32 Å². The van der Waals surface area contributed by atoms with Crippen LogP contribution in [-0.4, -0.2) is 11.7 Å². The standard InChI is InChI=1S/C17H17NOS2/c19-11-16(13-5-2-1-3-6-13)18-10-15-9-14(12-21-15)17-7-4-8-20-17/h1-9,12,16,18-19H,10-11H2. The average molecular weight is 315 g/mol. The molecule has 0 bridgehead atoms. The maximum Gasteiger partial charge on any atom is 0.0626 e. The van der Waals surface area contributed by atoms with E-state index in [1.807, 2.05) is 30.3 Å². The lowest BCUT2D eigenvalue weighted by Gasteiger charge is -2.16. The zero-order valence-electron chi connectivity index (χ0n) is 11.5. The second-order valence-electron chi connectivity index (χ2n) is 4.81. The number of hydrogen-bond acceptors (Lipinski definition) is 4. The molecule has 1 unspecified atom stereocenters. The predicted octanol–water partition coefficient (Wildman–Crippen LogP) is 4.30. The molecule has 2 aromatic heterocycles. The van der Waals surface area contributed by atoms with E-state index in [9.17, 15) is 5.11 Å². The molecular formula is C17H17NOS2. The third kappa shape index (κ3) is 3.60. The number of thiophene rings is 2. The summed E-state index contributed by atoms with van der Waals surface area (Å²) in [4.78, 5) is 2.59. The molecule has 0 saturated carbocycles. The molecule has 108 valence electrons. The van der Waals surface area contributed by atoms with Crippen LogP contribution in [0.3, 0.4) is 0 Å². The molecule has 1 atom stereocenters. The molecule has 0 fully saturated rings. The van der Waals surface area contributed by atoms with Crippen LogP contribution in [0.5, 0.6) is 0 Å². The van der Waals surface area contributed by atoms with E-state index in [0.717, 1.165) is 12.1 Å². The number of aliphatic hydroxyl groups excluding tert-OH is 1. The van der Waals surface area contributed by atoms with Gasteiger partial charge in [0.2, 0.25) is 0 Å². The minimum atomic E-state index is -0.0153. The monoisotopic (exact) mass is 315 g/mol. The normalized spacial score (nSPS) is 12.4. The van der Waals surface area contributed by atoms with Crippen molar-refractivity contribution in [2.75, 3.05) is 6.61 Å². The molecule has 0 aliphatic carbocycles. The molecule has 0 saturated heterocycles. The Morgan fingerprint density at radius 2 is 1.90 bits per heavy atom. The van der Waals surface area contributed by atoms with Gasteiger partial charge in [-0.3, -0.25) is 0 Å². The van der Waals surface area contributed by atoms with Crippen molar-refractivity contribution < 1.29 is 5.11 Å². The fraction of sp³-hybridized carbons (Fsp3) is 0.176. The number of benzene rings is 1. The summed E-state index contributed by atoms with van der Waals surface area (Å²) in [6.07, 6.45) is 0. The van der Waals surface area contributed by atoms with Gasteiger partial charge in [0.15, 0.2) is 0 Å². The van der Waals surface area contributed by atoms with Gasteiger partial charge in [-0.25, -0.2) is 0 Å². The number of rotatable bonds is 6. The Kier molecular flexibility index (Phi) is 4.83. The molecule has 2 heterocycles. The molecule has 0 aliphatic rings. The van der Waals surface area contributed by atoms with Crippen molar-refractivity contribution in [2.45, 2.75) is 12.6 Å². The van der Waals surface area contributed by atoms with E-state index in [4.69, 9.17) is 0 Å². The minimum absolute atomic E-state index is 0.0153. The summed E-state index contributed by atoms with van der Waals surface area (Å²) < 4.78 is 0. The van der Waals surface area contributed by atoms with Crippen LogP contribution < -0.4 is 5.32 Å². The summed E-state index contributed by atoms with van der Waals surface area (Å²) in [6.45, 7) is 0.878. The van der Waals surface area contributed by atoms with E-state index in [1.54, 1.807) is 22.7 Å². The van der Waals surface area contributed by atoms with Crippen LogP contribution in [0.4, 0.5) is 0 Å². The molecule has 3 aromatic rings. The zero-order valence-corrected chi connectivity index (χ0v) is 13.2. The second-order valence-corrected chi connectivity index (χ2v) is 6.75. The summed E-state index contributed by atoms with van der Waals surface area (Å²) in [6, 6.07) is 16.5. The van der Waals surface area contributed by atoms with Crippen LogP contribution in [0.1, 0.15) is 16.5 Å². The van der Waals surface area contributed by atoms with E-state index in [2.05, 4.69) is 34.3 Å². The van der Waals surface area contributed by atoms with Gasteiger partial charge in [0, 0.05) is 21.9 Å². The third-order valence-corrected chi connectivity index (χ3v) is 5.22. The number of nitrogens with one attached hydrogen (secondary N) is 1. The van der Waals surface area contributed by atoms with Crippen LogP contribution >= 0.6 is 22.7 Å². The van der Waals surface area contributed by atoms with Gasteiger partial charge in [-0.2, -0.15) is 0 Å². The highest BCUT2D eigenvalue weighted by Gasteiger charge is 2.10. The molecule has 0 aliphatic heterocycles. The van der Waals surface area contributed by atoms with Gasteiger partial charge in [-0.1, -0.05) is 36.4 Å². The molecule has 4 heteroatoms. The van der Waals surface area contributed by atoms with Crippen molar-refractivity contribution in [3.63, 3.8) is 0 Å². The zero-order chi connectivity index (χ0) is 14.5. The maximum atomic E-state index is 9.56. The van der Waals surface area contributed by atoms with Crippen LogP contribution in [0.15, 0.2) is 59.3 Å². The summed E-state index contributed by atoms with van der Waals surface area (Å²) >= 11 is 3.52. The molecule has 0 spiro atoms. The Hall–Kier alpha value is -1.46. The Morgan fingerprint density at radius 1 is 1.05 bits per heavy atom. The molecular weight excluding hydrogens is 298 g/mol. The lowest BCUT2D eigenvalue weighted by molar-refractivity contribution is 0.244. The number of hydrogen-bond donors (Lipinski definition) is 2. The molecule has 2 N–H and O–H groups in total. The van der Waals surface area contributed by atoms with E-state index in [0.29, 0.717) is 0 Å². The van der Waals surface area contributed by atoms with E-state index in [-0.39, 0.29) is 12.6 Å². The Morgan fingerprint density at radius 3 is 2.62 bits per heavy atom. The van der Waals surface area contributed by atoms with Gasteiger partial charge in [0.25, 0.3) is 0 Å². The van der Waals surface area contributed by atoms with Gasteiger partial charge in [0.05, 0.1) is 12.6 Å². The number of aliphatic hydroxyl groups is 1. The Balaban J connectivity index is 1.64. The average Bonchev–Trinajstić information content (AvgIpc) is 3.20. The first kappa shape index (κ1) is 14.5. The first-order valence-corrected chi connectivity index (χ1v) is 8.63. The molecule has 2 nitrogen and oxygen atoms in total. The molecule has 0 radical (unpaired) electrons. The van der Waals surface area contributed by atoms with Crippen molar-refractivity contribution in [2.24, 2.45) is 0 Å². The van der Waals surface area contributed by atoms with Gasteiger partial charge >= 0.3 is 0 Å². The van der Waals surface area contributed by atoms with Crippen LogP contribution in [0.25, 0.3) is 10.4 Å². The van der Waals surface area contributed by atoms with Crippen molar-refractivity contribution in [3.05, 3.63) is 69.7 Å². The van der Waals surface area contributed by atoms with E-state index in [1.165, 1.54) is 15.3 Å². The molecule has 0 amide bonds. The summed E-state index contributed by atoms with van der Waals surface area (Å²) in [5.74, 6) is 0. The van der Waals surface area contributed by atoms with Crippen LogP contribution in [0.2, 0.25) is 0 Å². The Bertz CT molecular complexity index is 661. The van der Waals surface area contributed by atoms with Gasteiger partial charge in [-0.15, -0.1) is 22.7 Å². The van der Waals surface area contributed by atoms with Crippen LogP contribution in [-0.2, 0) is 6.54 Å². The van der Waals surface area contributed by atoms with E-state index >= 15 is 0 Å². The van der Waals surface area contributed by atoms with Gasteiger partial charge in [0.1, 0.15) is 0 Å². The maximum absolute atomic E-state index is 9.56. The molecule has 1 aromatic carbocycles. The largest absolute Gasteiger partial charge is 0.394 e. The molecule has 21 heavy (non-hydrogen) atoms. The van der Waals surface area contributed by atoms with E-state index < -0.39 is 0 Å².